The van der Waals surface area contributed by atoms with Gasteiger partial charge in [-0.2, -0.15) is 13.2 Å². The molecule has 0 spiro atoms. The second-order valence-corrected chi connectivity index (χ2v) is 4.85. The van der Waals surface area contributed by atoms with Crippen molar-refractivity contribution in [2.45, 2.75) is 6.18 Å². The van der Waals surface area contributed by atoms with Crippen LogP contribution in [0.3, 0.4) is 0 Å². The van der Waals surface area contributed by atoms with Gasteiger partial charge in [0.1, 0.15) is 0 Å². The SMILES string of the molecule is O=C(/C=C/c1cccc(Br)c1)NCCNC(=O)C(F)(F)F. The summed E-state index contributed by atoms with van der Waals surface area (Å²) in [5, 5.41) is 4.01. The molecule has 2 amide bonds. The summed E-state index contributed by atoms with van der Waals surface area (Å²) in [5.74, 6) is -2.49. The van der Waals surface area contributed by atoms with E-state index < -0.39 is 18.0 Å². The minimum absolute atomic E-state index is 0.0938. The number of benzene rings is 1. The first-order valence-corrected chi connectivity index (χ1v) is 6.65. The average Bonchev–Trinajstić information content (AvgIpc) is 2.40. The molecule has 0 unspecified atom stereocenters. The van der Waals surface area contributed by atoms with E-state index in [0.717, 1.165) is 10.0 Å². The quantitative estimate of drug-likeness (QED) is 0.621. The fourth-order valence-corrected chi connectivity index (χ4v) is 1.72. The van der Waals surface area contributed by atoms with E-state index in [1.165, 1.54) is 6.08 Å². The van der Waals surface area contributed by atoms with Gasteiger partial charge in [0.2, 0.25) is 5.91 Å². The minimum atomic E-state index is -4.91. The summed E-state index contributed by atoms with van der Waals surface area (Å²) in [6, 6.07) is 7.22. The molecule has 0 aromatic heterocycles. The zero-order chi connectivity index (χ0) is 15.9. The summed E-state index contributed by atoms with van der Waals surface area (Å²) in [6.07, 6.45) is -2.09. The van der Waals surface area contributed by atoms with Crippen LogP contribution in [-0.4, -0.2) is 31.1 Å². The van der Waals surface area contributed by atoms with E-state index in [1.807, 2.05) is 6.07 Å². The molecular weight excluding hydrogens is 353 g/mol. The monoisotopic (exact) mass is 364 g/mol. The lowest BCUT2D eigenvalue weighted by molar-refractivity contribution is -0.173. The number of hydrogen-bond donors (Lipinski definition) is 2. The topological polar surface area (TPSA) is 58.2 Å². The van der Waals surface area contributed by atoms with Gasteiger partial charge in [0.05, 0.1) is 0 Å². The van der Waals surface area contributed by atoms with Gasteiger partial charge in [-0.1, -0.05) is 28.1 Å². The molecule has 0 aliphatic carbocycles. The molecule has 4 nitrogen and oxygen atoms in total. The lowest BCUT2D eigenvalue weighted by atomic mass is 10.2. The molecule has 0 bridgehead atoms. The predicted octanol–water partition coefficient (Wildman–Crippen LogP) is 2.26. The van der Waals surface area contributed by atoms with Crippen LogP contribution < -0.4 is 10.6 Å². The first-order valence-electron chi connectivity index (χ1n) is 5.85. The number of alkyl halides is 3. The predicted molar refractivity (Wildman–Crippen MR) is 75.3 cm³/mol. The van der Waals surface area contributed by atoms with Gasteiger partial charge in [0, 0.05) is 23.6 Å². The van der Waals surface area contributed by atoms with Gasteiger partial charge in [-0.15, -0.1) is 0 Å². The van der Waals surface area contributed by atoms with Crippen LogP contribution >= 0.6 is 15.9 Å². The zero-order valence-corrected chi connectivity index (χ0v) is 12.3. The van der Waals surface area contributed by atoms with Gasteiger partial charge < -0.3 is 10.6 Å². The van der Waals surface area contributed by atoms with Crippen molar-refractivity contribution in [3.05, 3.63) is 40.4 Å². The van der Waals surface area contributed by atoms with Gasteiger partial charge in [-0.25, -0.2) is 0 Å². The van der Waals surface area contributed by atoms with Crippen LogP contribution in [0.5, 0.6) is 0 Å². The van der Waals surface area contributed by atoms with Crippen molar-refractivity contribution in [2.24, 2.45) is 0 Å². The number of amides is 2. The Morgan fingerprint density at radius 1 is 1.19 bits per heavy atom. The fourth-order valence-electron chi connectivity index (χ4n) is 1.30. The highest BCUT2D eigenvalue weighted by molar-refractivity contribution is 9.10. The van der Waals surface area contributed by atoms with Crippen molar-refractivity contribution in [1.29, 1.82) is 0 Å². The summed E-state index contributed by atoms with van der Waals surface area (Å²) >= 11 is 3.28. The number of carbonyl (C=O) groups excluding carboxylic acids is 2. The number of halogens is 4. The molecule has 1 aromatic rings. The van der Waals surface area contributed by atoms with Gasteiger partial charge in [0.25, 0.3) is 0 Å². The normalized spacial score (nSPS) is 11.4. The third kappa shape index (κ3) is 6.94. The third-order valence-electron chi connectivity index (χ3n) is 2.24. The number of hydrogen-bond acceptors (Lipinski definition) is 2. The molecule has 0 saturated carbocycles. The third-order valence-corrected chi connectivity index (χ3v) is 2.74. The first kappa shape index (κ1) is 17.2. The van der Waals surface area contributed by atoms with Gasteiger partial charge in [0.15, 0.2) is 0 Å². The van der Waals surface area contributed by atoms with Crippen LogP contribution in [0.4, 0.5) is 13.2 Å². The fraction of sp³-hybridized carbons (Fsp3) is 0.231. The smallest absolute Gasteiger partial charge is 0.351 e. The van der Waals surface area contributed by atoms with Gasteiger partial charge in [-0.05, 0) is 23.8 Å². The Hall–Kier alpha value is -1.83. The number of nitrogens with one attached hydrogen (secondary N) is 2. The highest BCUT2D eigenvalue weighted by Gasteiger charge is 2.38. The van der Waals surface area contributed by atoms with E-state index in [1.54, 1.807) is 29.6 Å². The highest BCUT2D eigenvalue weighted by Crippen LogP contribution is 2.13. The summed E-state index contributed by atoms with van der Waals surface area (Å²) < 4.78 is 36.4. The maximum Gasteiger partial charge on any atom is 0.471 e. The molecule has 0 heterocycles. The second-order valence-electron chi connectivity index (χ2n) is 3.93. The second kappa shape index (κ2) is 7.82. The molecule has 1 aromatic carbocycles. The Morgan fingerprint density at radius 2 is 1.86 bits per heavy atom. The van der Waals surface area contributed by atoms with Crippen LogP contribution in [0.15, 0.2) is 34.8 Å². The van der Waals surface area contributed by atoms with E-state index in [-0.39, 0.29) is 13.1 Å². The van der Waals surface area contributed by atoms with E-state index >= 15 is 0 Å². The molecular formula is C13H12BrF3N2O2. The van der Waals surface area contributed by atoms with Crippen molar-refractivity contribution in [3.63, 3.8) is 0 Å². The maximum absolute atomic E-state index is 11.9. The lowest BCUT2D eigenvalue weighted by Crippen LogP contribution is -2.40. The van der Waals surface area contributed by atoms with E-state index in [9.17, 15) is 22.8 Å². The lowest BCUT2D eigenvalue weighted by Gasteiger charge is -2.07. The van der Waals surface area contributed by atoms with Crippen molar-refractivity contribution in [2.75, 3.05) is 13.1 Å². The Bertz CT molecular complexity index is 544. The van der Waals surface area contributed by atoms with Crippen molar-refractivity contribution >= 4 is 33.8 Å². The van der Waals surface area contributed by atoms with Crippen LogP contribution in [0.2, 0.25) is 0 Å². The number of rotatable bonds is 5. The first-order chi connectivity index (χ1) is 9.79. The van der Waals surface area contributed by atoms with E-state index in [2.05, 4.69) is 21.2 Å². The van der Waals surface area contributed by atoms with Crippen molar-refractivity contribution in [3.8, 4) is 0 Å². The Labute approximate surface area is 127 Å². The molecule has 0 fully saturated rings. The maximum atomic E-state index is 11.9. The van der Waals surface area contributed by atoms with Crippen LogP contribution in [-0.2, 0) is 9.59 Å². The molecule has 21 heavy (non-hydrogen) atoms. The Morgan fingerprint density at radius 3 is 2.48 bits per heavy atom. The summed E-state index contributed by atoms with van der Waals surface area (Å²) in [6.45, 7) is -0.391. The molecule has 0 aliphatic heterocycles. The molecule has 114 valence electrons. The van der Waals surface area contributed by atoms with Crippen molar-refractivity contribution in [1.82, 2.24) is 10.6 Å². The summed E-state index contributed by atoms with van der Waals surface area (Å²) in [7, 11) is 0. The molecule has 8 heteroatoms. The largest absolute Gasteiger partial charge is 0.471 e. The number of carbonyl (C=O) groups is 2. The molecule has 0 saturated heterocycles. The Balaban J connectivity index is 2.30. The molecule has 0 radical (unpaired) electrons. The average molecular weight is 365 g/mol. The van der Waals surface area contributed by atoms with Crippen molar-refractivity contribution < 1.29 is 22.8 Å². The highest BCUT2D eigenvalue weighted by atomic mass is 79.9. The van der Waals surface area contributed by atoms with Crippen LogP contribution in [0, 0.1) is 0 Å². The molecule has 2 N–H and O–H groups in total. The molecule has 0 atom stereocenters. The summed E-state index contributed by atoms with van der Waals surface area (Å²) in [4.78, 5) is 21.9. The van der Waals surface area contributed by atoms with Gasteiger partial charge in [-0.3, -0.25) is 9.59 Å². The molecule has 0 aliphatic rings. The van der Waals surface area contributed by atoms with E-state index in [0.29, 0.717) is 0 Å². The zero-order valence-electron chi connectivity index (χ0n) is 10.7. The minimum Gasteiger partial charge on any atom is -0.351 e. The van der Waals surface area contributed by atoms with E-state index in [4.69, 9.17) is 0 Å². The van der Waals surface area contributed by atoms with Gasteiger partial charge >= 0.3 is 12.1 Å². The van der Waals surface area contributed by atoms with Crippen LogP contribution in [0.25, 0.3) is 6.08 Å². The Kier molecular flexibility index (Phi) is 6.41. The standard InChI is InChI=1S/C13H12BrF3N2O2/c14-10-3-1-2-9(8-10)4-5-11(20)18-6-7-19-12(21)13(15,16)17/h1-5,8H,6-7H2,(H,18,20)(H,19,21)/b5-4+. The summed E-state index contributed by atoms with van der Waals surface area (Å²) in [5.41, 5.74) is 0.796. The molecule has 1 rings (SSSR count). The van der Waals surface area contributed by atoms with Crippen LogP contribution in [0.1, 0.15) is 5.56 Å².